The molecule has 0 aliphatic carbocycles. The van der Waals surface area contributed by atoms with Gasteiger partial charge in [0.15, 0.2) is 0 Å². The molecular weight excluding hydrogens is 345 g/mol. The topological polar surface area (TPSA) is 138 Å². The molecule has 0 aliphatic heterocycles. The second-order valence-corrected chi connectivity index (χ2v) is 6.47. The molecule has 0 fully saturated rings. The Hall–Kier alpha value is -1.70. The van der Waals surface area contributed by atoms with Crippen molar-refractivity contribution in [2.24, 2.45) is 5.73 Å². The van der Waals surface area contributed by atoms with Crippen LogP contribution < -0.4 is 15.8 Å². The van der Waals surface area contributed by atoms with Crippen molar-refractivity contribution < 1.29 is 24.0 Å². The zero-order chi connectivity index (χ0) is 18.9. The van der Waals surface area contributed by atoms with Gasteiger partial charge in [-0.2, -0.15) is 0 Å². The number of fused-ring (bicyclic) bond motifs is 1. The van der Waals surface area contributed by atoms with E-state index in [0.717, 1.165) is 48.1 Å². The lowest BCUT2D eigenvalue weighted by Gasteiger charge is -2.19. The molecule has 1 atom stereocenters. The molecule has 0 saturated heterocycles. The van der Waals surface area contributed by atoms with Crippen LogP contribution in [-0.4, -0.2) is 39.4 Å². The molecule has 1 aromatic carbocycles. The molecular formula is C16H26N3O5P. The number of methoxy groups -OCH3 is 1. The van der Waals surface area contributed by atoms with E-state index in [1.54, 1.807) is 7.11 Å². The van der Waals surface area contributed by atoms with E-state index in [1.807, 2.05) is 24.4 Å². The average molecular weight is 371 g/mol. The van der Waals surface area contributed by atoms with Crippen LogP contribution in [0.2, 0.25) is 0 Å². The monoisotopic (exact) mass is 371 g/mol. The van der Waals surface area contributed by atoms with Crippen molar-refractivity contribution in [2.45, 2.75) is 32.2 Å². The molecule has 2 rings (SSSR count). The minimum atomic E-state index is -4.64. The zero-order valence-corrected chi connectivity index (χ0v) is 15.3. The highest BCUT2D eigenvalue weighted by atomic mass is 31.2. The minimum absolute atomic E-state index is 0.413. The number of pyridine rings is 1. The third kappa shape index (κ3) is 8.29. The van der Waals surface area contributed by atoms with Gasteiger partial charge in [-0.05, 0) is 37.9 Å². The maximum absolute atomic E-state index is 8.88. The fraction of sp³-hybridized carbons (Fsp3) is 0.438. The second-order valence-electron chi connectivity index (χ2n) is 5.44. The van der Waals surface area contributed by atoms with Gasteiger partial charge in [0.1, 0.15) is 5.75 Å². The van der Waals surface area contributed by atoms with Crippen molar-refractivity contribution in [1.29, 1.82) is 0 Å². The Morgan fingerprint density at radius 2 is 2.04 bits per heavy atom. The van der Waals surface area contributed by atoms with E-state index in [1.165, 1.54) is 0 Å². The van der Waals surface area contributed by atoms with Crippen LogP contribution in [0.15, 0.2) is 30.5 Å². The Morgan fingerprint density at radius 1 is 1.36 bits per heavy atom. The molecule has 2 aromatic rings. The lowest BCUT2D eigenvalue weighted by atomic mass is 10.1. The normalized spacial score (nSPS) is 12.2. The molecule has 0 spiro atoms. The van der Waals surface area contributed by atoms with Crippen LogP contribution in [0.3, 0.4) is 0 Å². The molecule has 8 nitrogen and oxygen atoms in total. The van der Waals surface area contributed by atoms with Gasteiger partial charge in [0, 0.05) is 23.7 Å². The summed E-state index contributed by atoms with van der Waals surface area (Å²) in [4.78, 5) is 26.0. The van der Waals surface area contributed by atoms with Gasteiger partial charge in [-0.25, -0.2) is 4.57 Å². The maximum atomic E-state index is 8.88. The Labute approximate surface area is 147 Å². The zero-order valence-electron chi connectivity index (χ0n) is 14.4. The number of phosphoric acid groups is 1. The van der Waals surface area contributed by atoms with E-state index in [0.29, 0.717) is 6.04 Å². The van der Waals surface area contributed by atoms with Crippen LogP contribution in [0.5, 0.6) is 5.75 Å². The molecule has 1 unspecified atom stereocenters. The number of benzene rings is 1. The number of hydrogen-bond acceptors (Lipinski definition) is 5. The first kappa shape index (κ1) is 21.3. The van der Waals surface area contributed by atoms with E-state index < -0.39 is 7.82 Å². The molecule has 6 N–H and O–H groups in total. The number of nitrogens with zero attached hydrogens (tertiary/aromatic N) is 1. The van der Waals surface area contributed by atoms with Gasteiger partial charge in [-0.15, -0.1) is 0 Å². The van der Waals surface area contributed by atoms with Crippen molar-refractivity contribution in [3.05, 3.63) is 30.5 Å². The standard InChI is InChI=1S/C16H23N3O.H3O4P/c1-3-13(7-4-8-17)19-15-11-14(20-2)10-12-6-5-9-18-16(12)15;1-5(2,3)4/h5-6,9-11,13,19H,3-4,7-8,17H2,1-2H3;(H3,1,2,3,4). The SMILES string of the molecule is CCC(CCCN)Nc1cc(OC)cc2cccnc12.O=P(O)(O)O. The van der Waals surface area contributed by atoms with Crippen molar-refractivity contribution in [3.63, 3.8) is 0 Å². The number of nitrogens with one attached hydrogen (secondary N) is 1. The minimum Gasteiger partial charge on any atom is -0.497 e. The number of hydrogen-bond donors (Lipinski definition) is 5. The summed E-state index contributed by atoms with van der Waals surface area (Å²) in [7, 11) is -2.95. The van der Waals surface area contributed by atoms with Crippen LogP contribution in [0, 0.1) is 0 Å². The Morgan fingerprint density at radius 3 is 2.60 bits per heavy atom. The quantitative estimate of drug-likeness (QED) is 0.467. The summed E-state index contributed by atoms with van der Waals surface area (Å²) < 4.78 is 14.3. The highest BCUT2D eigenvalue weighted by Gasteiger charge is 2.10. The molecule has 1 heterocycles. The molecule has 0 amide bonds. The molecule has 0 saturated carbocycles. The highest BCUT2D eigenvalue weighted by molar-refractivity contribution is 7.45. The number of aromatic nitrogens is 1. The summed E-state index contributed by atoms with van der Waals surface area (Å²) in [5.74, 6) is 0.849. The van der Waals surface area contributed by atoms with Crippen molar-refractivity contribution in [3.8, 4) is 5.75 Å². The molecule has 1 aromatic heterocycles. The van der Waals surface area contributed by atoms with Gasteiger partial charge in [-0.3, -0.25) is 4.98 Å². The molecule has 140 valence electrons. The van der Waals surface area contributed by atoms with Gasteiger partial charge < -0.3 is 30.5 Å². The van der Waals surface area contributed by atoms with E-state index >= 15 is 0 Å². The summed E-state index contributed by atoms with van der Waals surface area (Å²) in [6.07, 6.45) is 4.98. The first-order valence-corrected chi connectivity index (χ1v) is 9.52. The number of ether oxygens (including phenoxy) is 1. The molecule has 0 radical (unpaired) electrons. The summed E-state index contributed by atoms with van der Waals surface area (Å²) in [5.41, 5.74) is 7.62. The Bertz CT molecular complexity index is 699. The molecule has 0 bridgehead atoms. The van der Waals surface area contributed by atoms with Gasteiger partial charge >= 0.3 is 7.82 Å². The second kappa shape index (κ2) is 10.3. The number of nitrogens with two attached hydrogens (primary N) is 1. The highest BCUT2D eigenvalue weighted by Crippen LogP contribution is 2.29. The van der Waals surface area contributed by atoms with Crippen LogP contribution in [0.1, 0.15) is 26.2 Å². The smallest absolute Gasteiger partial charge is 0.466 e. The first-order valence-electron chi connectivity index (χ1n) is 7.96. The predicted octanol–water partition coefficient (Wildman–Crippen LogP) is 2.24. The largest absolute Gasteiger partial charge is 0.497 e. The van der Waals surface area contributed by atoms with E-state index in [-0.39, 0.29) is 0 Å². The summed E-state index contributed by atoms with van der Waals surface area (Å²) >= 11 is 0. The maximum Gasteiger partial charge on any atom is 0.466 e. The van der Waals surface area contributed by atoms with Crippen LogP contribution in [0.4, 0.5) is 5.69 Å². The third-order valence-corrected chi connectivity index (χ3v) is 3.52. The van der Waals surface area contributed by atoms with Gasteiger partial charge in [-0.1, -0.05) is 13.0 Å². The first-order chi connectivity index (χ1) is 11.8. The van der Waals surface area contributed by atoms with E-state index in [2.05, 4.69) is 23.3 Å². The van der Waals surface area contributed by atoms with E-state index in [9.17, 15) is 0 Å². The van der Waals surface area contributed by atoms with Gasteiger partial charge in [0.25, 0.3) is 0 Å². The molecule has 25 heavy (non-hydrogen) atoms. The third-order valence-electron chi connectivity index (χ3n) is 3.52. The summed E-state index contributed by atoms with van der Waals surface area (Å²) in [6.45, 7) is 2.92. The fourth-order valence-electron chi connectivity index (χ4n) is 2.36. The predicted molar refractivity (Wildman–Crippen MR) is 98.5 cm³/mol. The van der Waals surface area contributed by atoms with Crippen molar-refractivity contribution in [2.75, 3.05) is 19.0 Å². The van der Waals surface area contributed by atoms with E-state index in [4.69, 9.17) is 29.7 Å². The van der Waals surface area contributed by atoms with Crippen molar-refractivity contribution >= 4 is 24.4 Å². The lowest BCUT2D eigenvalue weighted by Crippen LogP contribution is -2.20. The lowest BCUT2D eigenvalue weighted by molar-refractivity contribution is 0.275. The van der Waals surface area contributed by atoms with Crippen molar-refractivity contribution in [1.82, 2.24) is 4.98 Å². The van der Waals surface area contributed by atoms with Gasteiger partial charge in [0.05, 0.1) is 18.3 Å². The summed E-state index contributed by atoms with van der Waals surface area (Å²) in [6, 6.07) is 8.43. The molecule has 9 heteroatoms. The fourth-order valence-corrected chi connectivity index (χ4v) is 2.36. The van der Waals surface area contributed by atoms with Gasteiger partial charge in [0.2, 0.25) is 0 Å². The Kier molecular flexibility index (Phi) is 8.82. The average Bonchev–Trinajstić information content (AvgIpc) is 2.56. The molecule has 0 aliphatic rings. The van der Waals surface area contributed by atoms with Crippen LogP contribution >= 0.6 is 7.82 Å². The Balaban J connectivity index is 0.000000550. The summed E-state index contributed by atoms with van der Waals surface area (Å²) in [5, 5.41) is 4.67. The van der Waals surface area contributed by atoms with Crippen LogP contribution in [0.25, 0.3) is 10.9 Å². The van der Waals surface area contributed by atoms with Crippen LogP contribution in [-0.2, 0) is 4.57 Å². The number of rotatable bonds is 7. The number of anilines is 1.